The molecule has 0 aliphatic carbocycles. The lowest BCUT2D eigenvalue weighted by Crippen LogP contribution is -2.31. The van der Waals surface area contributed by atoms with Gasteiger partial charge in [-0.15, -0.1) is 11.3 Å². The highest BCUT2D eigenvalue weighted by atomic mass is 32.1. The van der Waals surface area contributed by atoms with Gasteiger partial charge in [-0.05, 0) is 63.1 Å². The lowest BCUT2D eigenvalue weighted by atomic mass is 10.1. The molecule has 0 atom stereocenters. The van der Waals surface area contributed by atoms with Crippen LogP contribution in [0.5, 0.6) is 0 Å². The fourth-order valence-electron chi connectivity index (χ4n) is 3.57. The van der Waals surface area contributed by atoms with Crippen molar-refractivity contribution in [2.75, 3.05) is 18.0 Å². The van der Waals surface area contributed by atoms with Crippen LogP contribution in [0, 0.1) is 36.5 Å². The Balaban J connectivity index is 2.25. The second-order valence-electron chi connectivity index (χ2n) is 7.21. The average Bonchev–Trinajstić information content (AvgIpc) is 3.07. The summed E-state index contributed by atoms with van der Waals surface area (Å²) in [5.41, 5.74) is 4.39. The molecular formula is C25H24N4OS. The van der Waals surface area contributed by atoms with E-state index in [1.165, 1.54) is 15.9 Å². The molecule has 0 unspecified atom stereocenters. The number of nitriles is 2. The van der Waals surface area contributed by atoms with Crippen LogP contribution in [0.4, 0.5) is 5.69 Å². The van der Waals surface area contributed by atoms with Crippen LogP contribution >= 0.6 is 11.3 Å². The Morgan fingerprint density at radius 1 is 1.06 bits per heavy atom. The van der Waals surface area contributed by atoms with Gasteiger partial charge >= 0.3 is 0 Å². The van der Waals surface area contributed by atoms with Crippen molar-refractivity contribution < 1.29 is 0 Å². The summed E-state index contributed by atoms with van der Waals surface area (Å²) in [4.78, 5) is 15.6. The number of benzene rings is 2. The third-order valence-corrected chi connectivity index (χ3v) is 6.27. The molecule has 0 spiro atoms. The van der Waals surface area contributed by atoms with E-state index in [0.717, 1.165) is 35.5 Å². The van der Waals surface area contributed by atoms with E-state index in [9.17, 15) is 15.3 Å². The maximum absolute atomic E-state index is 13.3. The minimum Gasteiger partial charge on any atom is -0.372 e. The number of nitrogens with zero attached hydrogens (tertiary/aromatic N) is 4. The Morgan fingerprint density at radius 3 is 2.26 bits per heavy atom. The molecule has 0 saturated heterocycles. The molecule has 156 valence electrons. The van der Waals surface area contributed by atoms with Crippen molar-refractivity contribution in [3.05, 3.63) is 78.7 Å². The molecule has 0 radical (unpaired) electrons. The van der Waals surface area contributed by atoms with Gasteiger partial charge in [-0.3, -0.25) is 9.36 Å². The molecule has 31 heavy (non-hydrogen) atoms. The summed E-state index contributed by atoms with van der Waals surface area (Å²) in [6.07, 6.45) is 1.81. The standard InChI is InChI=1S/C25H24N4OS/c1-5-28(6-2)21-10-8-19(9-11-21)14-23-24(30)29(25(31-23)20(15-26)16-27)22-12-7-17(3)13-18(22)4/h7-14H,5-6H2,1-4H3/b23-14-. The first-order valence-corrected chi connectivity index (χ1v) is 11.0. The fraction of sp³-hybridized carbons (Fsp3) is 0.240. The van der Waals surface area contributed by atoms with E-state index in [2.05, 4.69) is 18.7 Å². The minimum atomic E-state index is -0.234. The van der Waals surface area contributed by atoms with Crippen LogP contribution in [-0.4, -0.2) is 17.7 Å². The molecule has 5 nitrogen and oxygen atoms in total. The molecule has 0 amide bonds. The number of hydrogen-bond donors (Lipinski definition) is 0. The monoisotopic (exact) mass is 428 g/mol. The van der Waals surface area contributed by atoms with E-state index in [4.69, 9.17) is 0 Å². The van der Waals surface area contributed by atoms with Crippen molar-refractivity contribution in [3.63, 3.8) is 0 Å². The molecule has 3 rings (SSSR count). The normalized spacial score (nSPS) is 11.1. The first-order valence-electron chi connectivity index (χ1n) is 10.1. The van der Waals surface area contributed by atoms with Gasteiger partial charge in [0.25, 0.3) is 5.56 Å². The van der Waals surface area contributed by atoms with Crippen LogP contribution in [0.25, 0.3) is 17.3 Å². The second kappa shape index (κ2) is 9.47. The topological polar surface area (TPSA) is 72.8 Å². The smallest absolute Gasteiger partial charge is 0.273 e. The summed E-state index contributed by atoms with van der Waals surface area (Å²) in [7, 11) is 0. The maximum atomic E-state index is 13.3. The first-order chi connectivity index (χ1) is 14.9. The molecule has 6 heteroatoms. The maximum Gasteiger partial charge on any atom is 0.273 e. The van der Waals surface area contributed by atoms with Crippen LogP contribution < -0.4 is 19.7 Å². The van der Waals surface area contributed by atoms with E-state index < -0.39 is 0 Å². The van der Waals surface area contributed by atoms with Gasteiger partial charge in [0.2, 0.25) is 0 Å². The number of thiazole rings is 1. The van der Waals surface area contributed by atoms with Gasteiger partial charge in [0.05, 0.1) is 10.2 Å². The molecule has 0 N–H and O–H groups in total. The van der Waals surface area contributed by atoms with Crippen molar-refractivity contribution in [3.8, 4) is 17.8 Å². The lowest BCUT2D eigenvalue weighted by Gasteiger charge is -2.20. The van der Waals surface area contributed by atoms with Gasteiger partial charge in [0.15, 0.2) is 5.57 Å². The second-order valence-corrected chi connectivity index (χ2v) is 8.24. The third-order valence-electron chi connectivity index (χ3n) is 5.17. The van der Waals surface area contributed by atoms with Crippen LogP contribution in [0.3, 0.4) is 0 Å². The predicted octanol–water partition coefficient (Wildman–Crippen LogP) is 3.39. The minimum absolute atomic E-state index is 0.0707. The highest BCUT2D eigenvalue weighted by Crippen LogP contribution is 2.16. The van der Waals surface area contributed by atoms with Gasteiger partial charge in [-0.1, -0.05) is 29.8 Å². The van der Waals surface area contributed by atoms with Gasteiger partial charge in [-0.25, -0.2) is 0 Å². The number of aryl methyl sites for hydroxylation is 2. The Kier molecular flexibility index (Phi) is 6.74. The van der Waals surface area contributed by atoms with Gasteiger partial charge in [-0.2, -0.15) is 10.5 Å². The van der Waals surface area contributed by atoms with Gasteiger partial charge in [0, 0.05) is 18.8 Å². The van der Waals surface area contributed by atoms with Crippen LogP contribution in [0.1, 0.15) is 30.5 Å². The van der Waals surface area contributed by atoms with Crippen LogP contribution in [-0.2, 0) is 0 Å². The average molecular weight is 429 g/mol. The summed E-state index contributed by atoms with van der Waals surface area (Å²) in [6, 6.07) is 17.7. The largest absolute Gasteiger partial charge is 0.372 e. The fourth-order valence-corrected chi connectivity index (χ4v) is 4.61. The molecule has 0 saturated carbocycles. The van der Waals surface area contributed by atoms with Gasteiger partial charge in [0.1, 0.15) is 16.8 Å². The van der Waals surface area contributed by atoms with Crippen molar-refractivity contribution in [1.82, 2.24) is 4.57 Å². The van der Waals surface area contributed by atoms with Gasteiger partial charge < -0.3 is 4.90 Å². The van der Waals surface area contributed by atoms with Crippen molar-refractivity contribution in [2.45, 2.75) is 27.7 Å². The molecule has 2 aromatic carbocycles. The predicted molar refractivity (Wildman–Crippen MR) is 127 cm³/mol. The van der Waals surface area contributed by atoms with Crippen molar-refractivity contribution in [1.29, 1.82) is 10.5 Å². The highest BCUT2D eigenvalue weighted by Gasteiger charge is 2.13. The number of rotatable bonds is 5. The van der Waals surface area contributed by atoms with Crippen molar-refractivity contribution >= 4 is 28.7 Å². The quantitative estimate of drug-likeness (QED) is 0.624. The van der Waals surface area contributed by atoms with Crippen LogP contribution in [0.2, 0.25) is 0 Å². The Morgan fingerprint density at radius 2 is 1.71 bits per heavy atom. The third kappa shape index (κ3) is 4.45. The number of aromatic nitrogens is 1. The molecule has 0 fully saturated rings. The summed E-state index contributed by atoms with van der Waals surface area (Å²) in [6.45, 7) is 9.99. The molecule has 1 aromatic heterocycles. The molecule has 0 aliphatic rings. The SMILES string of the molecule is CCN(CC)c1ccc(/C=c2\sc(=C(C#N)C#N)n(-c3ccc(C)cc3C)c2=O)cc1. The van der Waals surface area contributed by atoms with Crippen molar-refractivity contribution in [2.24, 2.45) is 0 Å². The van der Waals surface area contributed by atoms with E-state index in [-0.39, 0.29) is 11.1 Å². The summed E-state index contributed by atoms with van der Waals surface area (Å²) in [5.74, 6) is 0. The molecule has 1 heterocycles. The zero-order valence-electron chi connectivity index (χ0n) is 18.1. The first kappa shape index (κ1) is 22.1. The number of anilines is 1. The summed E-state index contributed by atoms with van der Waals surface area (Å²) >= 11 is 1.17. The Hall–Kier alpha value is -3.61. The van der Waals surface area contributed by atoms with E-state index in [1.807, 2.05) is 74.5 Å². The van der Waals surface area contributed by atoms with E-state index in [1.54, 1.807) is 0 Å². The Labute approximate surface area is 186 Å². The van der Waals surface area contributed by atoms with Crippen LogP contribution in [0.15, 0.2) is 47.3 Å². The zero-order valence-corrected chi connectivity index (χ0v) is 19.0. The summed E-state index contributed by atoms with van der Waals surface area (Å²) < 4.78 is 2.32. The lowest BCUT2D eigenvalue weighted by molar-refractivity contribution is 0.866. The molecular weight excluding hydrogens is 404 g/mol. The molecule has 0 bridgehead atoms. The zero-order chi connectivity index (χ0) is 22.5. The highest BCUT2D eigenvalue weighted by molar-refractivity contribution is 7.07. The van der Waals surface area contributed by atoms with E-state index in [0.29, 0.717) is 14.9 Å². The molecule has 0 aliphatic heterocycles. The van der Waals surface area contributed by atoms with E-state index >= 15 is 0 Å². The number of hydrogen-bond acceptors (Lipinski definition) is 5. The summed E-state index contributed by atoms with van der Waals surface area (Å²) in [5, 5.41) is 18.9. The molecule has 3 aromatic rings. The Bertz CT molecular complexity index is 1350.